The van der Waals surface area contributed by atoms with Gasteiger partial charge in [0.15, 0.2) is 5.76 Å². The number of carbonyl (C=O) groups excluding carboxylic acids is 3. The lowest BCUT2D eigenvalue weighted by molar-refractivity contribution is -0.119. The van der Waals surface area contributed by atoms with Gasteiger partial charge in [-0.15, -0.1) is 0 Å². The molecule has 0 saturated carbocycles. The highest BCUT2D eigenvalue weighted by Crippen LogP contribution is 2.28. The van der Waals surface area contributed by atoms with Gasteiger partial charge in [0.25, 0.3) is 11.8 Å². The van der Waals surface area contributed by atoms with E-state index < -0.39 is 21.8 Å². The highest BCUT2D eigenvalue weighted by atomic mass is 32.2. The van der Waals surface area contributed by atoms with Crippen LogP contribution < -0.4 is 4.31 Å². The zero-order valence-corrected chi connectivity index (χ0v) is 17.2. The number of piperazine rings is 1. The largest absolute Gasteiger partial charge is 0.459 e. The molecule has 1 aromatic carbocycles. The number of furan rings is 1. The van der Waals surface area contributed by atoms with Crippen LogP contribution in [0.5, 0.6) is 0 Å². The van der Waals surface area contributed by atoms with Crippen LogP contribution in [-0.4, -0.2) is 67.9 Å². The third kappa shape index (κ3) is 3.58. The number of hydrogen-bond acceptors (Lipinski definition) is 6. The van der Waals surface area contributed by atoms with Gasteiger partial charge in [-0.25, -0.2) is 12.7 Å². The second-order valence-electron chi connectivity index (χ2n) is 7.39. The number of carbonyl (C=O) groups is 3. The smallest absolute Gasteiger partial charge is 0.289 e. The molecule has 158 valence electrons. The van der Waals surface area contributed by atoms with Crippen LogP contribution in [0.3, 0.4) is 0 Å². The summed E-state index contributed by atoms with van der Waals surface area (Å²) in [5.41, 5.74) is 0.622. The number of rotatable bonds is 3. The summed E-state index contributed by atoms with van der Waals surface area (Å²) in [6.07, 6.45) is 1.44. The van der Waals surface area contributed by atoms with Crippen LogP contribution in [0.4, 0.5) is 5.69 Å². The van der Waals surface area contributed by atoms with E-state index in [0.717, 1.165) is 4.31 Å². The van der Waals surface area contributed by atoms with Crippen molar-refractivity contribution in [3.63, 3.8) is 0 Å². The van der Waals surface area contributed by atoms with Crippen LogP contribution in [-0.2, 0) is 14.8 Å². The third-order valence-corrected chi connectivity index (χ3v) is 7.16. The van der Waals surface area contributed by atoms with Gasteiger partial charge in [0.05, 0.1) is 23.6 Å². The number of anilines is 1. The van der Waals surface area contributed by atoms with E-state index in [1.165, 1.54) is 30.5 Å². The molecule has 0 N–H and O–H groups in total. The minimum absolute atomic E-state index is 0.206. The highest BCUT2D eigenvalue weighted by Gasteiger charge is 2.42. The van der Waals surface area contributed by atoms with Gasteiger partial charge in [-0.1, -0.05) is 6.92 Å². The van der Waals surface area contributed by atoms with Crippen molar-refractivity contribution in [2.45, 2.75) is 6.92 Å². The van der Waals surface area contributed by atoms with Crippen molar-refractivity contribution in [3.05, 3.63) is 54.0 Å². The number of benzene rings is 1. The van der Waals surface area contributed by atoms with Gasteiger partial charge in [-0.05, 0) is 36.4 Å². The zero-order chi connectivity index (χ0) is 21.5. The molecule has 3 heterocycles. The predicted molar refractivity (Wildman–Crippen MR) is 107 cm³/mol. The first-order valence-corrected chi connectivity index (χ1v) is 11.2. The van der Waals surface area contributed by atoms with Crippen molar-refractivity contribution in [1.82, 2.24) is 9.80 Å². The Balaban J connectivity index is 1.41. The van der Waals surface area contributed by atoms with Crippen molar-refractivity contribution in [2.75, 3.05) is 36.2 Å². The van der Waals surface area contributed by atoms with Crippen molar-refractivity contribution in [3.8, 4) is 0 Å². The molecule has 0 spiro atoms. The Bertz CT molecular complexity index is 1070. The van der Waals surface area contributed by atoms with E-state index in [4.69, 9.17) is 4.42 Å². The molecule has 9 nitrogen and oxygen atoms in total. The van der Waals surface area contributed by atoms with Crippen molar-refractivity contribution < 1.29 is 27.2 Å². The molecule has 30 heavy (non-hydrogen) atoms. The van der Waals surface area contributed by atoms with Crippen molar-refractivity contribution in [2.24, 2.45) is 5.92 Å². The Kier molecular flexibility index (Phi) is 5.10. The summed E-state index contributed by atoms with van der Waals surface area (Å²) >= 11 is 0. The van der Waals surface area contributed by atoms with E-state index in [9.17, 15) is 22.8 Å². The average molecular weight is 431 g/mol. The first-order valence-electron chi connectivity index (χ1n) is 9.57. The van der Waals surface area contributed by atoms with Crippen LogP contribution in [0.2, 0.25) is 0 Å². The topological polar surface area (TPSA) is 108 Å². The molecule has 0 aliphatic carbocycles. The maximum atomic E-state index is 12.8. The fraction of sp³-hybridized carbons (Fsp3) is 0.350. The molecule has 1 aromatic heterocycles. The second kappa shape index (κ2) is 7.60. The summed E-state index contributed by atoms with van der Waals surface area (Å²) < 4.78 is 30.4. The lowest BCUT2D eigenvalue weighted by Gasteiger charge is -2.34. The number of amides is 3. The third-order valence-electron chi connectivity index (χ3n) is 5.30. The molecule has 2 aromatic rings. The quantitative estimate of drug-likeness (QED) is 0.722. The zero-order valence-electron chi connectivity index (χ0n) is 16.4. The maximum absolute atomic E-state index is 12.8. The fourth-order valence-electron chi connectivity index (χ4n) is 3.68. The maximum Gasteiger partial charge on any atom is 0.289 e. The standard InChI is InChI=1S/C20H21N3O6S/c1-14-13-30(27,28)23(18(14)24)16-6-4-15(5-7-16)19(25)21-8-10-22(11-9-21)20(26)17-3-2-12-29-17/h2-7,12,14H,8-11,13H2,1H3/t14-/m1/s1. The van der Waals surface area contributed by atoms with Gasteiger partial charge >= 0.3 is 0 Å². The van der Waals surface area contributed by atoms with Crippen molar-refractivity contribution >= 4 is 33.4 Å². The summed E-state index contributed by atoms with van der Waals surface area (Å²) in [5, 5.41) is 0. The Hall–Kier alpha value is -3.14. The average Bonchev–Trinajstić information content (AvgIpc) is 3.34. The molecule has 3 amide bonds. The van der Waals surface area contributed by atoms with E-state index in [1.54, 1.807) is 28.9 Å². The number of nitrogens with zero attached hydrogens (tertiary/aromatic N) is 3. The second-order valence-corrected chi connectivity index (χ2v) is 9.25. The summed E-state index contributed by atoms with van der Waals surface area (Å²) in [5.74, 6) is -1.42. The van der Waals surface area contributed by atoms with Crippen LogP contribution in [0.15, 0.2) is 47.1 Å². The van der Waals surface area contributed by atoms with Crippen LogP contribution >= 0.6 is 0 Å². The molecule has 1 atom stereocenters. The Morgan fingerprint density at radius 3 is 2.07 bits per heavy atom. The van der Waals surface area contributed by atoms with Crippen LogP contribution in [0.1, 0.15) is 27.8 Å². The minimum Gasteiger partial charge on any atom is -0.459 e. The number of hydrogen-bond donors (Lipinski definition) is 0. The Morgan fingerprint density at radius 1 is 0.967 bits per heavy atom. The van der Waals surface area contributed by atoms with E-state index in [0.29, 0.717) is 31.7 Å². The number of sulfonamides is 1. The molecule has 0 radical (unpaired) electrons. The van der Waals surface area contributed by atoms with Gasteiger partial charge in [-0.2, -0.15) is 0 Å². The molecule has 10 heteroatoms. The summed E-state index contributed by atoms with van der Waals surface area (Å²) in [6.45, 7) is 3.12. The monoisotopic (exact) mass is 431 g/mol. The highest BCUT2D eigenvalue weighted by molar-refractivity contribution is 7.94. The molecule has 2 fully saturated rings. The summed E-state index contributed by atoms with van der Waals surface area (Å²) in [4.78, 5) is 40.6. The fourth-order valence-corrected chi connectivity index (χ4v) is 5.50. The van der Waals surface area contributed by atoms with Gasteiger partial charge in [-0.3, -0.25) is 14.4 Å². The van der Waals surface area contributed by atoms with Gasteiger partial charge in [0.1, 0.15) is 0 Å². The predicted octanol–water partition coefficient (Wildman–Crippen LogP) is 1.19. The normalized spacial score (nSPS) is 21.2. The molecule has 2 saturated heterocycles. The first kappa shape index (κ1) is 20.1. The molecule has 0 unspecified atom stereocenters. The van der Waals surface area contributed by atoms with E-state index >= 15 is 0 Å². The van der Waals surface area contributed by atoms with E-state index in [1.807, 2.05) is 0 Å². The summed E-state index contributed by atoms with van der Waals surface area (Å²) in [7, 11) is -3.68. The lowest BCUT2D eigenvalue weighted by atomic mass is 10.1. The van der Waals surface area contributed by atoms with E-state index in [-0.39, 0.29) is 29.0 Å². The Morgan fingerprint density at radius 2 is 1.57 bits per heavy atom. The lowest BCUT2D eigenvalue weighted by Crippen LogP contribution is -2.50. The van der Waals surface area contributed by atoms with Crippen molar-refractivity contribution in [1.29, 1.82) is 0 Å². The molecule has 0 bridgehead atoms. The Labute approximate surface area is 173 Å². The van der Waals surface area contributed by atoms with Crippen LogP contribution in [0, 0.1) is 5.92 Å². The molecular weight excluding hydrogens is 410 g/mol. The molecule has 2 aliphatic heterocycles. The first-order chi connectivity index (χ1) is 14.3. The van der Waals surface area contributed by atoms with Gasteiger partial charge in [0.2, 0.25) is 15.9 Å². The van der Waals surface area contributed by atoms with E-state index in [2.05, 4.69) is 0 Å². The molecular formula is C20H21N3O6S. The van der Waals surface area contributed by atoms with Gasteiger partial charge < -0.3 is 14.2 Å². The molecule has 4 rings (SSSR count). The molecule has 2 aliphatic rings. The summed E-state index contributed by atoms with van der Waals surface area (Å²) in [6, 6.07) is 9.23. The SMILES string of the molecule is C[C@@H]1CS(=O)(=O)N(c2ccc(C(=O)N3CCN(C(=O)c4ccco4)CC3)cc2)C1=O. The van der Waals surface area contributed by atoms with Gasteiger partial charge in [0, 0.05) is 31.7 Å². The van der Waals surface area contributed by atoms with Crippen LogP contribution in [0.25, 0.3) is 0 Å². The minimum atomic E-state index is -3.68.